The molecule has 6 nitrogen and oxygen atoms in total. The van der Waals surface area contributed by atoms with Gasteiger partial charge in [-0.05, 0) is 0 Å². The van der Waals surface area contributed by atoms with Gasteiger partial charge in [0.15, 0.2) is 0 Å². The largest absolute Gasteiger partial charge is 0.493 e. The summed E-state index contributed by atoms with van der Waals surface area (Å²) in [6.45, 7) is 0.321. The van der Waals surface area contributed by atoms with Gasteiger partial charge in [0.05, 0.1) is 6.54 Å². The quantitative estimate of drug-likeness (QED) is 0.433. The van der Waals surface area contributed by atoms with E-state index in [1.165, 1.54) is 15.8 Å². The number of hydrogen-bond acceptors (Lipinski definition) is 4. The minimum atomic E-state index is -0.355. The van der Waals surface area contributed by atoms with Crippen molar-refractivity contribution >= 4 is 6.20 Å². The van der Waals surface area contributed by atoms with Crippen LogP contribution in [0.4, 0.5) is 0 Å². The number of nitrogens with zero attached hydrogens (tertiary/aromatic N) is 2. The SMILES string of the molecule is NN1C=Cn2c(c(O)[nH]c2=O)C1. The lowest BCUT2D eigenvalue weighted by Crippen LogP contribution is -2.30. The van der Waals surface area contributed by atoms with E-state index >= 15 is 0 Å². The van der Waals surface area contributed by atoms with E-state index in [1.54, 1.807) is 6.20 Å². The minimum absolute atomic E-state index is 0.125. The third kappa shape index (κ3) is 0.817. The first-order chi connectivity index (χ1) is 5.68. The molecule has 0 fully saturated rings. The molecule has 4 N–H and O–H groups in total. The first kappa shape index (κ1) is 6.99. The monoisotopic (exact) mass is 168 g/mol. The molecule has 1 aromatic heterocycles. The summed E-state index contributed by atoms with van der Waals surface area (Å²) in [7, 11) is 0. The topological polar surface area (TPSA) is 87.3 Å². The molecular weight excluding hydrogens is 160 g/mol. The average Bonchev–Trinajstić information content (AvgIpc) is 2.28. The van der Waals surface area contributed by atoms with Crippen molar-refractivity contribution in [3.05, 3.63) is 22.4 Å². The zero-order chi connectivity index (χ0) is 8.72. The predicted molar refractivity (Wildman–Crippen MR) is 41.8 cm³/mol. The van der Waals surface area contributed by atoms with Crippen molar-refractivity contribution in [2.45, 2.75) is 6.54 Å². The third-order valence-electron chi connectivity index (χ3n) is 1.75. The molecule has 0 bridgehead atoms. The van der Waals surface area contributed by atoms with Crippen molar-refractivity contribution in [2.24, 2.45) is 5.84 Å². The van der Waals surface area contributed by atoms with Gasteiger partial charge in [-0.15, -0.1) is 0 Å². The number of imidazole rings is 1. The van der Waals surface area contributed by atoms with Crippen LogP contribution in [0, 0.1) is 0 Å². The standard InChI is InChI=1S/C6H8N4O2/c7-9-1-2-10-4(3-9)5(11)8-6(10)12/h1-2,11H,3,7H2,(H,8,12). The van der Waals surface area contributed by atoms with Gasteiger partial charge in [-0.1, -0.05) is 0 Å². The molecule has 0 aliphatic carbocycles. The number of hydrogen-bond donors (Lipinski definition) is 3. The molecule has 0 aromatic carbocycles. The van der Waals surface area contributed by atoms with E-state index in [4.69, 9.17) is 5.84 Å². The highest BCUT2D eigenvalue weighted by Gasteiger charge is 2.15. The molecule has 2 heterocycles. The van der Waals surface area contributed by atoms with Crippen LogP contribution in [0.1, 0.15) is 5.69 Å². The van der Waals surface area contributed by atoms with Crippen LogP contribution in [-0.4, -0.2) is 19.7 Å². The fourth-order valence-electron chi connectivity index (χ4n) is 1.16. The van der Waals surface area contributed by atoms with Crippen LogP contribution in [-0.2, 0) is 6.54 Å². The Bertz CT molecular complexity index is 389. The molecule has 0 saturated carbocycles. The Morgan fingerprint density at radius 3 is 3.08 bits per heavy atom. The van der Waals surface area contributed by atoms with Crippen molar-refractivity contribution in [3.63, 3.8) is 0 Å². The van der Waals surface area contributed by atoms with E-state index < -0.39 is 0 Å². The summed E-state index contributed by atoms with van der Waals surface area (Å²) in [5, 5.41) is 10.6. The number of H-pyrrole nitrogens is 1. The molecule has 2 rings (SSSR count). The number of rotatable bonds is 0. The number of nitrogens with two attached hydrogens (primary N) is 1. The second kappa shape index (κ2) is 2.15. The predicted octanol–water partition coefficient (Wildman–Crippen LogP) is -1.00. The molecule has 1 aromatic rings. The first-order valence-electron chi connectivity index (χ1n) is 3.40. The van der Waals surface area contributed by atoms with Gasteiger partial charge in [0.1, 0.15) is 5.69 Å². The fraction of sp³-hybridized carbons (Fsp3) is 0.167. The van der Waals surface area contributed by atoms with Crippen molar-refractivity contribution in [2.75, 3.05) is 0 Å². The summed E-state index contributed by atoms with van der Waals surface area (Å²) in [5.41, 5.74) is 0.122. The second-order valence-corrected chi connectivity index (χ2v) is 2.57. The molecule has 0 spiro atoms. The number of nitrogens with one attached hydrogen (secondary N) is 1. The molecule has 0 saturated heterocycles. The van der Waals surface area contributed by atoms with E-state index in [2.05, 4.69) is 4.98 Å². The number of aromatic hydroxyl groups is 1. The Hall–Kier alpha value is -1.69. The zero-order valence-electron chi connectivity index (χ0n) is 6.19. The van der Waals surface area contributed by atoms with Gasteiger partial charge >= 0.3 is 5.69 Å². The Morgan fingerprint density at radius 2 is 2.33 bits per heavy atom. The van der Waals surface area contributed by atoms with Gasteiger partial charge < -0.3 is 10.1 Å². The first-order valence-corrected chi connectivity index (χ1v) is 3.40. The lowest BCUT2D eigenvalue weighted by atomic mass is 10.4. The minimum Gasteiger partial charge on any atom is -0.493 e. The van der Waals surface area contributed by atoms with Crippen molar-refractivity contribution in [1.82, 2.24) is 14.6 Å². The zero-order valence-corrected chi connectivity index (χ0v) is 6.19. The number of aromatic nitrogens is 2. The van der Waals surface area contributed by atoms with Crippen LogP contribution >= 0.6 is 0 Å². The summed E-state index contributed by atoms with van der Waals surface area (Å²) in [5.74, 6) is 5.31. The van der Waals surface area contributed by atoms with Gasteiger partial charge in [-0.2, -0.15) is 0 Å². The summed E-state index contributed by atoms with van der Waals surface area (Å²) >= 11 is 0. The molecule has 64 valence electrons. The Morgan fingerprint density at radius 1 is 1.58 bits per heavy atom. The fourth-order valence-corrected chi connectivity index (χ4v) is 1.16. The highest BCUT2D eigenvalue weighted by atomic mass is 16.3. The van der Waals surface area contributed by atoms with Crippen molar-refractivity contribution in [3.8, 4) is 5.88 Å². The number of hydrazine groups is 1. The van der Waals surface area contributed by atoms with E-state index in [9.17, 15) is 9.90 Å². The summed E-state index contributed by atoms with van der Waals surface area (Å²) in [6, 6.07) is 0. The second-order valence-electron chi connectivity index (χ2n) is 2.57. The lowest BCUT2D eigenvalue weighted by Gasteiger charge is -2.17. The highest BCUT2D eigenvalue weighted by Crippen LogP contribution is 2.16. The van der Waals surface area contributed by atoms with Crippen LogP contribution in [0.15, 0.2) is 11.0 Å². The number of fused-ring (bicyclic) bond motifs is 1. The van der Waals surface area contributed by atoms with Crippen molar-refractivity contribution < 1.29 is 5.11 Å². The van der Waals surface area contributed by atoms with Crippen LogP contribution in [0.25, 0.3) is 6.20 Å². The smallest absolute Gasteiger partial charge is 0.332 e. The maximum Gasteiger partial charge on any atom is 0.332 e. The maximum atomic E-state index is 11.0. The highest BCUT2D eigenvalue weighted by molar-refractivity contribution is 5.34. The number of aromatic amines is 1. The van der Waals surface area contributed by atoms with Gasteiger partial charge in [-0.25, -0.2) is 10.6 Å². The summed E-state index contributed by atoms with van der Waals surface area (Å²) in [4.78, 5) is 13.3. The molecule has 0 unspecified atom stereocenters. The Kier molecular flexibility index (Phi) is 1.25. The van der Waals surface area contributed by atoms with E-state index in [0.29, 0.717) is 12.2 Å². The van der Waals surface area contributed by atoms with Gasteiger partial charge in [0, 0.05) is 12.4 Å². The summed E-state index contributed by atoms with van der Waals surface area (Å²) in [6.07, 6.45) is 3.05. The van der Waals surface area contributed by atoms with Crippen LogP contribution in [0.3, 0.4) is 0 Å². The van der Waals surface area contributed by atoms with Crippen LogP contribution < -0.4 is 11.5 Å². The molecule has 6 heteroatoms. The van der Waals surface area contributed by atoms with Gasteiger partial charge in [0.25, 0.3) is 0 Å². The molecule has 12 heavy (non-hydrogen) atoms. The Balaban J connectivity index is 2.63. The lowest BCUT2D eigenvalue weighted by molar-refractivity contribution is 0.356. The summed E-state index contributed by atoms with van der Waals surface area (Å²) < 4.78 is 1.32. The van der Waals surface area contributed by atoms with Gasteiger partial charge in [-0.3, -0.25) is 9.55 Å². The molecule has 1 aliphatic heterocycles. The normalized spacial score (nSPS) is 14.9. The Labute approximate surface area is 67.5 Å². The average molecular weight is 168 g/mol. The van der Waals surface area contributed by atoms with E-state index in [1.807, 2.05) is 0 Å². The maximum absolute atomic E-state index is 11.0. The molecule has 1 aliphatic rings. The molecule has 0 amide bonds. The molecular formula is C6H8N4O2. The molecule has 0 radical (unpaired) electrons. The third-order valence-corrected chi connectivity index (χ3v) is 1.75. The van der Waals surface area contributed by atoms with Crippen molar-refractivity contribution in [1.29, 1.82) is 0 Å². The van der Waals surface area contributed by atoms with Crippen LogP contribution in [0.5, 0.6) is 5.88 Å². The van der Waals surface area contributed by atoms with E-state index in [-0.39, 0.29) is 11.6 Å². The van der Waals surface area contributed by atoms with E-state index in [0.717, 1.165) is 0 Å². The van der Waals surface area contributed by atoms with Gasteiger partial charge in [0.2, 0.25) is 5.88 Å². The molecule has 0 atom stereocenters. The van der Waals surface area contributed by atoms with Crippen LogP contribution in [0.2, 0.25) is 0 Å².